The molecule has 0 bridgehead atoms. The van der Waals surface area contributed by atoms with Gasteiger partial charge in [-0.2, -0.15) is 0 Å². The summed E-state index contributed by atoms with van der Waals surface area (Å²) >= 11 is 1.06. The van der Waals surface area contributed by atoms with Crippen molar-refractivity contribution in [1.29, 1.82) is 0 Å². The van der Waals surface area contributed by atoms with E-state index in [1.807, 2.05) is 0 Å². The predicted octanol–water partition coefficient (Wildman–Crippen LogP) is 0.331. The molecule has 2 aliphatic carbocycles. The van der Waals surface area contributed by atoms with Crippen molar-refractivity contribution in [2.45, 2.75) is 0 Å². The van der Waals surface area contributed by atoms with Gasteiger partial charge in [0, 0.05) is 23.5 Å². The van der Waals surface area contributed by atoms with Gasteiger partial charge in [-0.3, -0.25) is 20.4 Å². The third kappa shape index (κ3) is 6.43. The summed E-state index contributed by atoms with van der Waals surface area (Å²) in [7, 11) is 0. The van der Waals surface area contributed by atoms with Crippen molar-refractivity contribution in [3.8, 4) is 0 Å². The number of carbonyl (C=O) groups excluding carboxylic acids is 3. The molecule has 0 aliphatic heterocycles. The molecule has 0 fully saturated rings. The SMILES string of the molecule is O=C(NN/C=C1/C=CC=CC1=O)NN/C=C1/C=CC=CC1=O.[O]=[V]. The summed E-state index contributed by atoms with van der Waals surface area (Å²) < 4.78 is 8.19. The number of nitrogens with one attached hydrogen (secondary N) is 4. The molecule has 0 spiro atoms. The number of carbonyl (C=O) groups is 3. The second kappa shape index (κ2) is 10.7. The van der Waals surface area contributed by atoms with E-state index in [-0.39, 0.29) is 11.6 Å². The summed E-state index contributed by atoms with van der Waals surface area (Å²) in [5.41, 5.74) is 10.4. The molecule has 0 radical (unpaired) electrons. The van der Waals surface area contributed by atoms with Crippen LogP contribution >= 0.6 is 0 Å². The summed E-state index contributed by atoms with van der Waals surface area (Å²) in [5, 5.41) is 0. The monoisotopic (exact) mass is 365 g/mol. The molecule has 9 heteroatoms. The zero-order valence-corrected chi connectivity index (χ0v) is 13.8. The van der Waals surface area contributed by atoms with E-state index in [2.05, 4.69) is 21.7 Å². The molecule has 24 heavy (non-hydrogen) atoms. The molecule has 2 aliphatic rings. The van der Waals surface area contributed by atoms with Crippen molar-refractivity contribution in [2.75, 3.05) is 0 Å². The van der Waals surface area contributed by atoms with Gasteiger partial charge in [-0.05, 0) is 24.3 Å². The third-order valence-corrected chi connectivity index (χ3v) is 2.66. The van der Waals surface area contributed by atoms with Crippen molar-refractivity contribution < 1.29 is 35.4 Å². The number of hydrogen-bond donors (Lipinski definition) is 4. The average Bonchev–Trinajstić information content (AvgIpc) is 2.60. The van der Waals surface area contributed by atoms with Gasteiger partial charge >= 0.3 is 27.1 Å². The Morgan fingerprint density at radius 3 is 1.50 bits per heavy atom. The van der Waals surface area contributed by atoms with Gasteiger partial charge in [-0.25, -0.2) is 4.79 Å². The molecule has 0 aromatic carbocycles. The van der Waals surface area contributed by atoms with E-state index >= 15 is 0 Å². The maximum absolute atomic E-state index is 11.4. The molecule has 0 atom stereocenters. The fourth-order valence-electron chi connectivity index (χ4n) is 1.59. The van der Waals surface area contributed by atoms with E-state index in [1.165, 1.54) is 24.6 Å². The van der Waals surface area contributed by atoms with E-state index < -0.39 is 6.03 Å². The summed E-state index contributed by atoms with van der Waals surface area (Å²) in [6, 6.07) is -0.584. The molecular formula is C15H14N4O4V. The minimum atomic E-state index is -0.584. The quantitative estimate of drug-likeness (QED) is 0.422. The molecule has 0 heterocycles. The van der Waals surface area contributed by atoms with Gasteiger partial charge in [0.15, 0.2) is 11.6 Å². The summed E-state index contributed by atoms with van der Waals surface area (Å²) in [6.45, 7) is 0. The molecule has 0 saturated carbocycles. The Bertz CT molecular complexity index is 634. The number of hydrogen-bond acceptors (Lipinski definition) is 6. The summed E-state index contributed by atoms with van der Waals surface area (Å²) in [5.74, 6) is -0.313. The molecule has 2 amide bonds. The Kier molecular flexibility index (Phi) is 8.51. The van der Waals surface area contributed by atoms with Crippen molar-refractivity contribution in [2.24, 2.45) is 0 Å². The van der Waals surface area contributed by atoms with Gasteiger partial charge in [-0.1, -0.05) is 24.3 Å². The zero-order chi connectivity index (χ0) is 17.8. The van der Waals surface area contributed by atoms with Crippen molar-refractivity contribution in [3.63, 3.8) is 0 Å². The van der Waals surface area contributed by atoms with Crippen LogP contribution in [0.2, 0.25) is 0 Å². The normalized spacial score (nSPS) is 18.1. The molecular weight excluding hydrogens is 351 g/mol. The topological polar surface area (TPSA) is 116 Å². The van der Waals surface area contributed by atoms with Gasteiger partial charge in [0.2, 0.25) is 0 Å². The number of urea groups is 1. The Morgan fingerprint density at radius 1 is 0.750 bits per heavy atom. The van der Waals surface area contributed by atoms with Gasteiger partial charge in [0.05, 0.1) is 0 Å². The van der Waals surface area contributed by atoms with Crippen LogP contribution < -0.4 is 21.7 Å². The predicted molar refractivity (Wildman–Crippen MR) is 81.4 cm³/mol. The summed E-state index contributed by atoms with van der Waals surface area (Å²) in [6.07, 6.45) is 15.5. The first-order valence-electron chi connectivity index (χ1n) is 6.60. The average molecular weight is 365 g/mol. The van der Waals surface area contributed by atoms with E-state index in [4.69, 9.17) is 3.67 Å². The molecule has 2 rings (SSSR count). The molecule has 0 aromatic rings. The molecule has 0 saturated heterocycles. The van der Waals surface area contributed by atoms with Crippen LogP contribution in [0.4, 0.5) is 4.79 Å². The Balaban J connectivity index is 0.00000139. The minimum absolute atomic E-state index is 0.157. The van der Waals surface area contributed by atoms with Crippen LogP contribution in [-0.4, -0.2) is 17.6 Å². The zero-order valence-electron chi connectivity index (χ0n) is 12.4. The van der Waals surface area contributed by atoms with Gasteiger partial charge in [0.25, 0.3) is 0 Å². The molecule has 0 unspecified atom stereocenters. The van der Waals surface area contributed by atoms with Gasteiger partial charge in [-0.15, -0.1) is 0 Å². The van der Waals surface area contributed by atoms with E-state index in [0.717, 1.165) is 17.4 Å². The van der Waals surface area contributed by atoms with Gasteiger partial charge < -0.3 is 10.9 Å². The fourth-order valence-corrected chi connectivity index (χ4v) is 1.59. The number of allylic oxidation sites excluding steroid dienone is 10. The van der Waals surface area contributed by atoms with Crippen molar-refractivity contribution in [3.05, 3.63) is 72.2 Å². The second-order valence-corrected chi connectivity index (χ2v) is 4.23. The number of ketones is 2. The standard InChI is InChI=1S/C15H14N4O3.O.V/c20-13-7-3-1-5-11(13)9-16-18-15(22)19-17-10-12-6-2-4-8-14(12)21;;/h1-10,16-17H,(H2,18,19,22);;/b11-9-,12-10-;;. The number of amides is 2. The van der Waals surface area contributed by atoms with E-state index in [0.29, 0.717) is 11.1 Å². The number of rotatable bonds is 4. The van der Waals surface area contributed by atoms with Crippen LogP contribution in [0.3, 0.4) is 0 Å². The molecule has 4 N–H and O–H groups in total. The van der Waals surface area contributed by atoms with E-state index in [9.17, 15) is 14.4 Å². The van der Waals surface area contributed by atoms with E-state index in [1.54, 1.807) is 36.5 Å². The van der Waals surface area contributed by atoms with Gasteiger partial charge in [0.1, 0.15) is 0 Å². The van der Waals surface area contributed by atoms with Crippen LogP contribution in [0, 0.1) is 0 Å². The van der Waals surface area contributed by atoms with Crippen LogP contribution in [-0.2, 0) is 30.6 Å². The third-order valence-electron chi connectivity index (χ3n) is 2.66. The van der Waals surface area contributed by atoms with Crippen LogP contribution in [0.25, 0.3) is 0 Å². The Labute approximate surface area is 147 Å². The summed E-state index contributed by atoms with van der Waals surface area (Å²) in [4.78, 5) is 34.3. The molecule has 8 nitrogen and oxygen atoms in total. The number of hydrazine groups is 2. The fraction of sp³-hybridized carbons (Fsp3) is 0. The van der Waals surface area contributed by atoms with Crippen LogP contribution in [0.5, 0.6) is 0 Å². The Hall–Kier alpha value is -2.97. The van der Waals surface area contributed by atoms with Crippen LogP contribution in [0.15, 0.2) is 72.2 Å². The molecule has 0 aromatic heterocycles. The van der Waals surface area contributed by atoms with Crippen molar-refractivity contribution in [1.82, 2.24) is 21.7 Å². The first-order chi connectivity index (χ1) is 11.7. The first-order valence-corrected chi connectivity index (χ1v) is 7.17. The maximum atomic E-state index is 11.4. The second-order valence-electron chi connectivity index (χ2n) is 4.23. The Morgan fingerprint density at radius 2 is 1.12 bits per heavy atom. The first kappa shape index (κ1) is 19.1. The van der Waals surface area contributed by atoms with Crippen molar-refractivity contribution >= 4 is 17.6 Å². The van der Waals surface area contributed by atoms with Crippen LogP contribution in [0.1, 0.15) is 0 Å². The molecule has 123 valence electrons.